The van der Waals surface area contributed by atoms with Crippen molar-refractivity contribution in [1.29, 1.82) is 0 Å². The molecule has 1 saturated heterocycles. The van der Waals surface area contributed by atoms with Crippen molar-refractivity contribution < 1.29 is 23.7 Å². The van der Waals surface area contributed by atoms with Gasteiger partial charge in [0, 0.05) is 11.8 Å². The van der Waals surface area contributed by atoms with E-state index >= 15 is 0 Å². The molecule has 2 atom stereocenters. The van der Waals surface area contributed by atoms with Crippen LogP contribution in [0, 0.1) is 17.8 Å². The molecule has 38 heavy (non-hydrogen) atoms. The van der Waals surface area contributed by atoms with Gasteiger partial charge in [0.25, 0.3) is 0 Å². The zero-order chi connectivity index (χ0) is 25.6. The van der Waals surface area contributed by atoms with Gasteiger partial charge < -0.3 is 18.9 Å². The van der Waals surface area contributed by atoms with Crippen LogP contribution in [0.3, 0.4) is 0 Å². The molecule has 0 N–H and O–H groups in total. The Kier molecular flexibility index (Phi) is 6.22. The maximum absolute atomic E-state index is 13.0. The molecule has 4 aliphatic carbocycles. The van der Waals surface area contributed by atoms with Gasteiger partial charge in [-0.15, -0.1) is 0 Å². The first kappa shape index (κ1) is 24.3. The van der Waals surface area contributed by atoms with E-state index < -0.39 is 5.79 Å². The van der Waals surface area contributed by atoms with Gasteiger partial charge in [-0.1, -0.05) is 36.4 Å². The summed E-state index contributed by atoms with van der Waals surface area (Å²) in [6, 6.07) is 29.2. The second-order valence-corrected chi connectivity index (χ2v) is 13.1. The van der Waals surface area contributed by atoms with Gasteiger partial charge >= 0.3 is 5.97 Å². The maximum Gasteiger partial charge on any atom is 0.344 e. The van der Waals surface area contributed by atoms with Gasteiger partial charge in [-0.3, -0.25) is 0 Å². The third-order valence-corrected chi connectivity index (χ3v) is 10.9. The Morgan fingerprint density at radius 2 is 1.32 bits per heavy atom. The monoisotopic (exact) mass is 529 g/mol. The van der Waals surface area contributed by atoms with Gasteiger partial charge in [0.15, 0.2) is 27.1 Å². The zero-order valence-corrected chi connectivity index (χ0v) is 22.2. The minimum absolute atomic E-state index is 0.0810. The van der Waals surface area contributed by atoms with Crippen molar-refractivity contribution in [1.82, 2.24) is 0 Å². The summed E-state index contributed by atoms with van der Waals surface area (Å²) < 4.78 is 24.4. The molecule has 5 nitrogen and oxygen atoms in total. The summed E-state index contributed by atoms with van der Waals surface area (Å²) in [4.78, 5) is 16.7. The second kappa shape index (κ2) is 9.74. The van der Waals surface area contributed by atoms with E-state index in [1.807, 2.05) is 24.3 Å². The first-order valence-corrected chi connectivity index (χ1v) is 14.9. The van der Waals surface area contributed by atoms with Gasteiger partial charge in [0.1, 0.15) is 11.4 Å². The highest BCUT2D eigenvalue weighted by Crippen LogP contribution is 2.63. The molecular weight excluding hydrogens is 496 g/mol. The smallest absolute Gasteiger partial charge is 0.344 e. The molecule has 5 aliphatic rings. The fraction of sp³-hybridized carbons (Fsp3) is 0.406. The van der Waals surface area contributed by atoms with Crippen molar-refractivity contribution in [2.45, 2.75) is 58.2 Å². The Balaban J connectivity index is 1.01. The van der Waals surface area contributed by atoms with Crippen LogP contribution in [-0.4, -0.2) is 37.2 Å². The Labute approximate surface area is 226 Å². The van der Waals surface area contributed by atoms with E-state index in [4.69, 9.17) is 18.9 Å². The van der Waals surface area contributed by atoms with Gasteiger partial charge in [0.05, 0.1) is 24.1 Å². The molecule has 1 spiro atoms. The van der Waals surface area contributed by atoms with Crippen LogP contribution in [0.25, 0.3) is 0 Å². The summed E-state index contributed by atoms with van der Waals surface area (Å²) in [5, 5.41) is 0. The molecule has 6 heteroatoms. The molecule has 3 aromatic carbocycles. The van der Waals surface area contributed by atoms with Gasteiger partial charge in [-0.25, -0.2) is 4.79 Å². The second-order valence-electron chi connectivity index (χ2n) is 11.1. The molecule has 4 saturated carbocycles. The van der Waals surface area contributed by atoms with E-state index in [0.29, 0.717) is 36.7 Å². The molecule has 3 aromatic rings. The zero-order valence-electron chi connectivity index (χ0n) is 21.4. The molecule has 0 radical (unpaired) electrons. The molecule has 0 amide bonds. The summed E-state index contributed by atoms with van der Waals surface area (Å²) in [6.07, 6.45) is 4.86. The summed E-state index contributed by atoms with van der Waals surface area (Å²) in [6.45, 7) is 1.27. The van der Waals surface area contributed by atoms with E-state index in [2.05, 4.69) is 60.7 Å². The number of carbonyl (C=O) groups is 1. The molecule has 1 heterocycles. The summed E-state index contributed by atoms with van der Waals surface area (Å²) in [7, 11) is -0.215. The van der Waals surface area contributed by atoms with Gasteiger partial charge in [0.2, 0.25) is 0 Å². The fourth-order valence-electron chi connectivity index (χ4n) is 7.50. The molecular formula is C32H33O5S+. The summed E-state index contributed by atoms with van der Waals surface area (Å²) >= 11 is 0. The minimum Gasteiger partial charge on any atom is -0.482 e. The van der Waals surface area contributed by atoms with Crippen LogP contribution < -0.4 is 4.74 Å². The number of esters is 1. The largest absolute Gasteiger partial charge is 0.482 e. The van der Waals surface area contributed by atoms with Gasteiger partial charge in [-0.05, 0) is 86.6 Å². The molecule has 4 bridgehead atoms. The van der Waals surface area contributed by atoms with E-state index in [1.54, 1.807) is 0 Å². The standard InChI is InChI=1S/C32H33O5S/c33-30(37-31-19-23-17-24(20-31)32(25(18-23)21-31)35-15-16-36-32)22-34-26-11-13-29(14-12-26)38(27-7-3-1-4-8-27)28-9-5-2-6-10-28/h1-14,23-25H,15-22H2/q+1. The predicted octanol–water partition coefficient (Wildman–Crippen LogP) is 6.03. The first-order chi connectivity index (χ1) is 18.6. The lowest BCUT2D eigenvalue weighted by Crippen LogP contribution is -2.65. The van der Waals surface area contributed by atoms with E-state index in [1.165, 1.54) is 14.7 Å². The van der Waals surface area contributed by atoms with Crippen LogP contribution in [0.4, 0.5) is 0 Å². The predicted molar refractivity (Wildman–Crippen MR) is 144 cm³/mol. The summed E-state index contributed by atoms with van der Waals surface area (Å²) in [5.41, 5.74) is -0.388. The Hall–Kier alpha value is -2.80. The quantitative estimate of drug-likeness (QED) is 0.277. The normalized spacial score (nSPS) is 28.6. The van der Waals surface area contributed by atoms with E-state index in [0.717, 1.165) is 32.1 Å². The lowest BCUT2D eigenvalue weighted by Gasteiger charge is -2.61. The number of hydrogen-bond acceptors (Lipinski definition) is 5. The lowest BCUT2D eigenvalue weighted by atomic mass is 9.51. The highest BCUT2D eigenvalue weighted by Gasteiger charge is 2.66. The van der Waals surface area contributed by atoms with Crippen molar-refractivity contribution in [2.75, 3.05) is 19.8 Å². The Morgan fingerprint density at radius 3 is 1.89 bits per heavy atom. The van der Waals surface area contributed by atoms with Crippen molar-refractivity contribution in [2.24, 2.45) is 17.8 Å². The maximum atomic E-state index is 13.0. The number of benzene rings is 3. The van der Waals surface area contributed by atoms with Crippen molar-refractivity contribution in [3.8, 4) is 5.75 Å². The summed E-state index contributed by atoms with van der Waals surface area (Å²) in [5.74, 6) is 1.19. The Bertz CT molecular complexity index is 1210. The first-order valence-electron chi connectivity index (χ1n) is 13.7. The molecule has 2 unspecified atom stereocenters. The average molecular weight is 530 g/mol. The topological polar surface area (TPSA) is 54.0 Å². The third-order valence-electron chi connectivity index (χ3n) is 8.71. The number of ether oxygens (including phenoxy) is 4. The highest BCUT2D eigenvalue weighted by atomic mass is 32.2. The van der Waals surface area contributed by atoms with Crippen molar-refractivity contribution >= 4 is 16.9 Å². The van der Waals surface area contributed by atoms with Gasteiger partial charge in [-0.2, -0.15) is 0 Å². The third kappa shape index (κ3) is 4.33. The molecule has 1 aliphatic heterocycles. The van der Waals surface area contributed by atoms with Crippen LogP contribution in [-0.2, 0) is 29.9 Å². The van der Waals surface area contributed by atoms with Crippen LogP contribution in [0.1, 0.15) is 32.1 Å². The van der Waals surface area contributed by atoms with Crippen LogP contribution in [0.15, 0.2) is 99.6 Å². The van der Waals surface area contributed by atoms with E-state index in [-0.39, 0.29) is 29.1 Å². The average Bonchev–Trinajstić information content (AvgIpc) is 3.43. The van der Waals surface area contributed by atoms with Crippen LogP contribution in [0.5, 0.6) is 5.75 Å². The molecule has 196 valence electrons. The molecule has 0 aromatic heterocycles. The molecule has 5 fully saturated rings. The van der Waals surface area contributed by atoms with Crippen molar-refractivity contribution in [3.63, 3.8) is 0 Å². The van der Waals surface area contributed by atoms with Crippen LogP contribution >= 0.6 is 0 Å². The molecule has 8 rings (SSSR count). The lowest BCUT2D eigenvalue weighted by molar-refractivity contribution is -0.315. The Morgan fingerprint density at radius 1 is 0.763 bits per heavy atom. The SMILES string of the molecule is O=C(COc1ccc([S+](c2ccccc2)c2ccccc2)cc1)OC12CC3CC(C1)C1(OCCO1)C(C3)C2. The highest BCUT2D eigenvalue weighted by molar-refractivity contribution is 7.97. The minimum atomic E-state index is -0.427. The van der Waals surface area contributed by atoms with Crippen LogP contribution in [0.2, 0.25) is 0 Å². The van der Waals surface area contributed by atoms with E-state index in [9.17, 15) is 4.79 Å². The number of rotatable bonds is 7. The van der Waals surface area contributed by atoms with Crippen molar-refractivity contribution in [3.05, 3.63) is 84.9 Å². The number of hydrogen-bond donors (Lipinski definition) is 0. The number of carbonyl (C=O) groups excluding carboxylic acids is 1. The fourth-order valence-corrected chi connectivity index (χ4v) is 9.59.